The molecule has 0 atom stereocenters. The molecule has 0 amide bonds. The van der Waals surface area contributed by atoms with E-state index >= 15 is 0 Å². The molecular formula is C41H30. The minimum Gasteiger partial charge on any atom is -0.0616 e. The SMILES string of the molecule is Cc1c(C)c(C)c(-c2ccc3c4cc5c6ccccc6c6cccc(c4cc4c7ccccc7c2c34)c65)c(C)c1C. The Hall–Kier alpha value is -4.68. The molecule has 41 heavy (non-hydrogen) atoms. The van der Waals surface area contributed by atoms with Gasteiger partial charge in [-0.2, -0.15) is 0 Å². The average Bonchev–Trinajstić information content (AvgIpc) is 3.51. The van der Waals surface area contributed by atoms with Gasteiger partial charge in [0.25, 0.3) is 0 Å². The zero-order chi connectivity index (χ0) is 27.7. The molecule has 0 spiro atoms. The molecule has 0 radical (unpaired) electrons. The summed E-state index contributed by atoms with van der Waals surface area (Å²) in [6.45, 7) is 11.5. The van der Waals surface area contributed by atoms with Gasteiger partial charge >= 0.3 is 0 Å². The van der Waals surface area contributed by atoms with Gasteiger partial charge in [0.2, 0.25) is 0 Å². The van der Waals surface area contributed by atoms with E-state index in [9.17, 15) is 0 Å². The van der Waals surface area contributed by atoms with Crippen LogP contribution in [0.3, 0.4) is 0 Å². The van der Waals surface area contributed by atoms with Crippen molar-refractivity contribution in [3.63, 3.8) is 0 Å². The van der Waals surface area contributed by atoms with E-state index in [2.05, 4.69) is 126 Å². The van der Waals surface area contributed by atoms with E-state index in [0.29, 0.717) is 0 Å². The summed E-state index contributed by atoms with van der Waals surface area (Å²) in [6.07, 6.45) is 0. The quantitative estimate of drug-likeness (QED) is 0.188. The summed E-state index contributed by atoms with van der Waals surface area (Å²) in [5.41, 5.74) is 9.79. The molecule has 9 rings (SSSR count). The third kappa shape index (κ3) is 2.71. The lowest BCUT2D eigenvalue weighted by molar-refractivity contribution is 1.18. The van der Waals surface area contributed by atoms with Crippen LogP contribution in [0.4, 0.5) is 0 Å². The first kappa shape index (κ1) is 23.1. The predicted molar refractivity (Wildman–Crippen MR) is 180 cm³/mol. The first-order valence-corrected chi connectivity index (χ1v) is 14.7. The Morgan fingerprint density at radius 2 is 0.707 bits per heavy atom. The molecule has 0 aromatic heterocycles. The lowest BCUT2D eigenvalue weighted by atomic mass is 9.84. The van der Waals surface area contributed by atoms with Crippen molar-refractivity contribution in [1.82, 2.24) is 0 Å². The van der Waals surface area contributed by atoms with Gasteiger partial charge in [-0.1, -0.05) is 78.9 Å². The molecule has 0 saturated carbocycles. The standard InChI is InChI=1S/C41H30/c1-21-22(2)24(4)38(25(5)23(21)3)33-18-17-32-35-19-36-27-12-7-6-11-26(27)29-15-10-16-31(39(29)36)34(35)20-37-28-13-8-9-14-30(28)40(33)41(32)37/h6-20H,1-5H3. The monoisotopic (exact) mass is 522 g/mol. The van der Waals surface area contributed by atoms with E-state index in [1.165, 1.54) is 114 Å². The summed E-state index contributed by atoms with van der Waals surface area (Å²) >= 11 is 0. The summed E-state index contributed by atoms with van der Waals surface area (Å²) in [5.74, 6) is 0. The molecule has 0 bridgehead atoms. The van der Waals surface area contributed by atoms with Crippen molar-refractivity contribution < 1.29 is 0 Å². The van der Waals surface area contributed by atoms with Gasteiger partial charge in [0.1, 0.15) is 0 Å². The fraction of sp³-hybridized carbons (Fsp3) is 0.122. The number of rotatable bonds is 1. The zero-order valence-corrected chi connectivity index (χ0v) is 24.2. The van der Waals surface area contributed by atoms with Gasteiger partial charge in [-0.25, -0.2) is 0 Å². The third-order valence-corrected chi connectivity index (χ3v) is 10.5. The fourth-order valence-corrected chi connectivity index (χ4v) is 8.14. The van der Waals surface area contributed by atoms with Crippen LogP contribution in [0, 0.1) is 34.6 Å². The van der Waals surface area contributed by atoms with Crippen LogP contribution >= 0.6 is 0 Å². The summed E-state index contributed by atoms with van der Waals surface area (Å²) in [5, 5.41) is 19.1. The van der Waals surface area contributed by atoms with Crippen LogP contribution in [-0.2, 0) is 0 Å². The summed E-state index contributed by atoms with van der Waals surface area (Å²) in [7, 11) is 0. The number of benzene rings is 7. The Bertz CT molecular complexity index is 2530. The molecule has 0 N–H and O–H groups in total. The highest BCUT2D eigenvalue weighted by atomic mass is 14.3. The van der Waals surface area contributed by atoms with Crippen molar-refractivity contribution >= 4 is 75.4 Å². The minimum atomic E-state index is 1.35. The molecular weight excluding hydrogens is 492 g/mol. The molecule has 0 nitrogen and oxygen atoms in total. The lowest BCUT2D eigenvalue weighted by Gasteiger charge is -2.20. The molecule has 0 saturated heterocycles. The molecule has 0 aliphatic heterocycles. The molecule has 0 aliphatic rings. The van der Waals surface area contributed by atoms with Crippen molar-refractivity contribution in [3.8, 4) is 11.1 Å². The normalized spacial score (nSPS) is 12.5. The van der Waals surface area contributed by atoms with E-state index in [0.717, 1.165) is 0 Å². The molecule has 0 fully saturated rings. The largest absolute Gasteiger partial charge is 0.0616 e. The highest BCUT2D eigenvalue weighted by molar-refractivity contribution is 6.42. The van der Waals surface area contributed by atoms with E-state index in [4.69, 9.17) is 0 Å². The van der Waals surface area contributed by atoms with Gasteiger partial charge in [-0.3, -0.25) is 0 Å². The Kier molecular flexibility index (Phi) is 4.35. The summed E-state index contributed by atoms with van der Waals surface area (Å²) < 4.78 is 0. The van der Waals surface area contributed by atoms with Crippen LogP contribution < -0.4 is 0 Å². The second-order valence-electron chi connectivity index (χ2n) is 12.2. The average molecular weight is 523 g/mol. The van der Waals surface area contributed by atoms with Crippen molar-refractivity contribution in [1.29, 1.82) is 0 Å². The Labute approximate surface area is 239 Å². The van der Waals surface area contributed by atoms with E-state index in [1.807, 2.05) is 0 Å². The predicted octanol–water partition coefficient (Wildman–Crippen LogP) is 11.8. The van der Waals surface area contributed by atoms with Crippen LogP contribution in [0.2, 0.25) is 0 Å². The number of hydrogen-bond donors (Lipinski definition) is 0. The van der Waals surface area contributed by atoms with Crippen LogP contribution in [0.25, 0.3) is 86.5 Å². The van der Waals surface area contributed by atoms with Gasteiger partial charge in [0.15, 0.2) is 0 Å². The Morgan fingerprint density at radius 3 is 1.34 bits per heavy atom. The van der Waals surface area contributed by atoms with Gasteiger partial charge < -0.3 is 0 Å². The molecule has 194 valence electrons. The van der Waals surface area contributed by atoms with Crippen LogP contribution in [0.1, 0.15) is 27.8 Å². The summed E-state index contributed by atoms with van der Waals surface area (Å²) in [4.78, 5) is 0. The highest BCUT2D eigenvalue weighted by Gasteiger charge is 2.23. The number of hydrogen-bond acceptors (Lipinski definition) is 0. The van der Waals surface area contributed by atoms with Gasteiger partial charge in [0.05, 0.1) is 0 Å². The maximum absolute atomic E-state index is 2.49. The van der Waals surface area contributed by atoms with E-state index in [-0.39, 0.29) is 0 Å². The van der Waals surface area contributed by atoms with Crippen LogP contribution in [0.15, 0.2) is 91.0 Å². The fourth-order valence-electron chi connectivity index (χ4n) is 8.14. The molecule has 0 aliphatic carbocycles. The van der Waals surface area contributed by atoms with Crippen LogP contribution in [-0.4, -0.2) is 0 Å². The first-order chi connectivity index (χ1) is 20.0. The first-order valence-electron chi connectivity index (χ1n) is 14.7. The summed E-state index contributed by atoms with van der Waals surface area (Å²) in [6, 6.07) is 34.6. The van der Waals surface area contributed by atoms with Gasteiger partial charge in [-0.05, 0) is 161 Å². The topological polar surface area (TPSA) is 0 Å². The van der Waals surface area contributed by atoms with Gasteiger partial charge in [0, 0.05) is 0 Å². The Morgan fingerprint density at radius 1 is 0.293 bits per heavy atom. The zero-order valence-electron chi connectivity index (χ0n) is 24.2. The van der Waals surface area contributed by atoms with E-state index < -0.39 is 0 Å². The van der Waals surface area contributed by atoms with Crippen molar-refractivity contribution in [2.75, 3.05) is 0 Å². The smallest absolute Gasteiger partial charge is 0.00137 e. The van der Waals surface area contributed by atoms with Crippen molar-refractivity contribution in [2.45, 2.75) is 34.6 Å². The highest BCUT2D eigenvalue weighted by Crippen LogP contribution is 2.50. The molecule has 0 unspecified atom stereocenters. The minimum absolute atomic E-state index is 1.35. The molecule has 0 heterocycles. The Balaban J connectivity index is 1.54. The molecule has 9 aromatic rings. The van der Waals surface area contributed by atoms with Crippen LogP contribution in [0.5, 0.6) is 0 Å². The second-order valence-corrected chi connectivity index (χ2v) is 12.2. The molecule has 9 aromatic carbocycles. The van der Waals surface area contributed by atoms with E-state index in [1.54, 1.807) is 0 Å². The number of fused-ring (bicyclic) bond motifs is 9. The van der Waals surface area contributed by atoms with Crippen molar-refractivity contribution in [3.05, 3.63) is 119 Å². The maximum Gasteiger partial charge on any atom is -0.00137 e. The lowest BCUT2D eigenvalue weighted by Crippen LogP contribution is -2.00. The maximum atomic E-state index is 2.49. The second kappa shape index (κ2) is 7.74. The van der Waals surface area contributed by atoms with Gasteiger partial charge in [-0.15, -0.1) is 0 Å². The molecule has 0 heteroatoms. The van der Waals surface area contributed by atoms with Crippen molar-refractivity contribution in [2.24, 2.45) is 0 Å². The third-order valence-electron chi connectivity index (χ3n) is 10.5.